The number of fused-ring (bicyclic) bond motifs is 1. The van der Waals surface area contributed by atoms with Gasteiger partial charge in [-0.3, -0.25) is 4.79 Å². The fourth-order valence-corrected chi connectivity index (χ4v) is 2.61. The molecule has 0 spiro atoms. The molecule has 0 atom stereocenters. The number of para-hydroxylation sites is 2. The minimum absolute atomic E-state index is 0.00990. The molecule has 106 valence electrons. The van der Waals surface area contributed by atoms with E-state index in [0.29, 0.717) is 10.7 Å². The fraction of sp³-hybridized carbons (Fsp3) is 0.188. The molecule has 0 saturated carbocycles. The Kier molecular flexibility index (Phi) is 3.71. The van der Waals surface area contributed by atoms with Crippen molar-refractivity contribution in [2.75, 3.05) is 0 Å². The van der Waals surface area contributed by atoms with Crippen molar-refractivity contribution >= 4 is 28.4 Å². The fourth-order valence-electron chi connectivity index (χ4n) is 2.43. The second-order valence-corrected chi connectivity index (χ2v) is 5.12. The van der Waals surface area contributed by atoms with Crippen LogP contribution in [-0.4, -0.2) is 20.3 Å². The van der Waals surface area contributed by atoms with Gasteiger partial charge < -0.3 is 4.57 Å². The first-order valence-electron chi connectivity index (χ1n) is 6.78. The van der Waals surface area contributed by atoms with E-state index in [1.165, 1.54) is 0 Å². The van der Waals surface area contributed by atoms with E-state index in [9.17, 15) is 4.79 Å². The van der Waals surface area contributed by atoms with Crippen LogP contribution in [0.4, 0.5) is 0 Å². The number of carbonyl (C=O) groups excluding carboxylic acids is 1. The number of hydrogen-bond donors (Lipinski definition) is 0. The Morgan fingerprint density at radius 3 is 2.86 bits per heavy atom. The Morgan fingerprint density at radius 2 is 2.10 bits per heavy atom. The third kappa shape index (κ3) is 2.67. The molecule has 21 heavy (non-hydrogen) atoms. The number of carbonyl (C=O) groups is 1. The number of Topliss-reactive ketones (excluding diaryl/α,β-unsaturated/α-hetero) is 1. The van der Waals surface area contributed by atoms with Crippen molar-refractivity contribution in [2.24, 2.45) is 0 Å². The van der Waals surface area contributed by atoms with Crippen LogP contribution in [0.2, 0.25) is 5.15 Å². The average molecular weight is 300 g/mol. The maximum atomic E-state index is 12.4. The van der Waals surface area contributed by atoms with E-state index in [1.54, 1.807) is 18.3 Å². The van der Waals surface area contributed by atoms with Crippen molar-refractivity contribution in [3.63, 3.8) is 0 Å². The van der Waals surface area contributed by atoms with Crippen LogP contribution in [-0.2, 0) is 13.0 Å². The van der Waals surface area contributed by atoms with E-state index >= 15 is 0 Å². The van der Waals surface area contributed by atoms with Gasteiger partial charge in [-0.1, -0.05) is 23.7 Å². The molecular formula is C16H14ClN3O. The highest BCUT2D eigenvalue weighted by Crippen LogP contribution is 2.18. The maximum absolute atomic E-state index is 12.4. The summed E-state index contributed by atoms with van der Waals surface area (Å²) in [6.07, 6.45) is 1.79. The van der Waals surface area contributed by atoms with Crippen LogP contribution in [0.25, 0.3) is 11.0 Å². The van der Waals surface area contributed by atoms with E-state index in [1.807, 2.05) is 31.2 Å². The molecular weight excluding hydrogens is 286 g/mol. The third-order valence-electron chi connectivity index (χ3n) is 3.42. The van der Waals surface area contributed by atoms with E-state index in [4.69, 9.17) is 11.6 Å². The summed E-state index contributed by atoms with van der Waals surface area (Å²) in [7, 11) is 0. The summed E-state index contributed by atoms with van der Waals surface area (Å²) in [4.78, 5) is 20.8. The Bertz CT molecular complexity index is 810. The number of aromatic nitrogens is 3. The molecule has 4 nitrogen and oxygen atoms in total. The summed E-state index contributed by atoms with van der Waals surface area (Å²) >= 11 is 5.83. The monoisotopic (exact) mass is 299 g/mol. The van der Waals surface area contributed by atoms with Gasteiger partial charge in [-0.2, -0.15) is 0 Å². The third-order valence-corrected chi connectivity index (χ3v) is 3.62. The van der Waals surface area contributed by atoms with Gasteiger partial charge in [0.15, 0.2) is 5.78 Å². The standard InChI is InChI=1S/C16H14ClN3O/c1-2-20-13-6-4-3-5-12(13)19-16(20)10-14(21)11-7-8-18-15(17)9-11/h3-9H,2,10H2,1H3. The van der Waals surface area contributed by atoms with Crippen molar-refractivity contribution in [1.29, 1.82) is 0 Å². The lowest BCUT2D eigenvalue weighted by molar-refractivity contribution is 0.0990. The van der Waals surface area contributed by atoms with E-state index in [-0.39, 0.29) is 12.2 Å². The highest BCUT2D eigenvalue weighted by atomic mass is 35.5. The smallest absolute Gasteiger partial charge is 0.170 e. The van der Waals surface area contributed by atoms with E-state index in [2.05, 4.69) is 14.5 Å². The number of nitrogens with zero attached hydrogens (tertiary/aromatic N) is 3. The van der Waals surface area contributed by atoms with Crippen LogP contribution < -0.4 is 0 Å². The minimum atomic E-state index is -0.00990. The van der Waals surface area contributed by atoms with Crippen LogP contribution in [0, 0.1) is 0 Å². The van der Waals surface area contributed by atoms with Crippen LogP contribution in [0.3, 0.4) is 0 Å². The average Bonchev–Trinajstić information content (AvgIpc) is 2.84. The van der Waals surface area contributed by atoms with Gasteiger partial charge in [0.25, 0.3) is 0 Å². The van der Waals surface area contributed by atoms with Crippen molar-refractivity contribution < 1.29 is 4.79 Å². The molecule has 0 fully saturated rings. The summed E-state index contributed by atoms with van der Waals surface area (Å²) in [6.45, 7) is 2.83. The largest absolute Gasteiger partial charge is 0.328 e. The number of imidazole rings is 1. The molecule has 0 radical (unpaired) electrons. The molecule has 3 aromatic rings. The zero-order valence-electron chi connectivity index (χ0n) is 11.6. The molecule has 0 aliphatic heterocycles. The number of benzene rings is 1. The summed E-state index contributed by atoms with van der Waals surface area (Å²) in [6, 6.07) is 11.2. The Morgan fingerprint density at radius 1 is 1.29 bits per heavy atom. The maximum Gasteiger partial charge on any atom is 0.170 e. The molecule has 0 amide bonds. The highest BCUT2D eigenvalue weighted by molar-refractivity contribution is 6.29. The Hall–Kier alpha value is -2.20. The highest BCUT2D eigenvalue weighted by Gasteiger charge is 2.14. The van der Waals surface area contributed by atoms with E-state index in [0.717, 1.165) is 23.4 Å². The molecule has 2 aromatic heterocycles. The molecule has 0 unspecified atom stereocenters. The Balaban J connectivity index is 1.96. The van der Waals surface area contributed by atoms with Gasteiger partial charge in [-0.15, -0.1) is 0 Å². The molecule has 0 N–H and O–H groups in total. The number of rotatable bonds is 4. The van der Waals surface area contributed by atoms with Crippen LogP contribution in [0.15, 0.2) is 42.6 Å². The molecule has 3 rings (SSSR count). The number of halogens is 1. The van der Waals surface area contributed by atoms with Gasteiger partial charge in [0.1, 0.15) is 11.0 Å². The van der Waals surface area contributed by atoms with E-state index < -0.39 is 0 Å². The number of ketones is 1. The minimum Gasteiger partial charge on any atom is -0.328 e. The zero-order valence-corrected chi connectivity index (χ0v) is 12.3. The van der Waals surface area contributed by atoms with Gasteiger partial charge in [-0.05, 0) is 31.2 Å². The van der Waals surface area contributed by atoms with Crippen LogP contribution in [0.5, 0.6) is 0 Å². The lowest BCUT2D eigenvalue weighted by atomic mass is 10.1. The zero-order chi connectivity index (χ0) is 14.8. The van der Waals surface area contributed by atoms with Crippen molar-refractivity contribution in [2.45, 2.75) is 19.9 Å². The molecule has 0 aliphatic carbocycles. The summed E-state index contributed by atoms with van der Waals surface area (Å²) in [5, 5.41) is 0.324. The second kappa shape index (κ2) is 5.66. The summed E-state index contributed by atoms with van der Waals surface area (Å²) in [5.74, 6) is 0.765. The summed E-state index contributed by atoms with van der Waals surface area (Å²) in [5.41, 5.74) is 2.52. The van der Waals surface area contributed by atoms with Gasteiger partial charge >= 0.3 is 0 Å². The van der Waals surface area contributed by atoms with Gasteiger partial charge in [0.2, 0.25) is 0 Å². The number of hydrogen-bond acceptors (Lipinski definition) is 3. The predicted molar refractivity (Wildman–Crippen MR) is 82.7 cm³/mol. The van der Waals surface area contributed by atoms with Crippen molar-refractivity contribution in [3.8, 4) is 0 Å². The van der Waals surface area contributed by atoms with Gasteiger partial charge in [0.05, 0.1) is 17.5 Å². The molecule has 0 saturated heterocycles. The Labute approximate surface area is 127 Å². The first kappa shape index (κ1) is 13.8. The lowest BCUT2D eigenvalue weighted by Gasteiger charge is -2.05. The number of pyridine rings is 1. The van der Waals surface area contributed by atoms with Crippen molar-refractivity contribution in [1.82, 2.24) is 14.5 Å². The second-order valence-electron chi connectivity index (χ2n) is 4.73. The molecule has 0 bridgehead atoms. The predicted octanol–water partition coefficient (Wildman–Crippen LogP) is 3.53. The SMILES string of the molecule is CCn1c(CC(=O)c2ccnc(Cl)c2)nc2ccccc21. The quantitative estimate of drug-likeness (QED) is 0.547. The van der Waals surface area contributed by atoms with Crippen LogP contribution in [0.1, 0.15) is 23.1 Å². The summed E-state index contributed by atoms with van der Waals surface area (Å²) < 4.78 is 2.07. The molecule has 2 heterocycles. The molecule has 1 aromatic carbocycles. The first-order chi connectivity index (χ1) is 10.2. The molecule has 0 aliphatic rings. The topological polar surface area (TPSA) is 47.8 Å². The normalized spacial score (nSPS) is 11.0. The van der Waals surface area contributed by atoms with Crippen LogP contribution >= 0.6 is 11.6 Å². The van der Waals surface area contributed by atoms with Gasteiger partial charge in [0, 0.05) is 18.3 Å². The molecule has 5 heteroatoms. The lowest BCUT2D eigenvalue weighted by Crippen LogP contribution is -2.10. The number of aryl methyl sites for hydroxylation is 1. The van der Waals surface area contributed by atoms with Gasteiger partial charge in [-0.25, -0.2) is 9.97 Å². The first-order valence-corrected chi connectivity index (χ1v) is 7.15. The van der Waals surface area contributed by atoms with Crippen molar-refractivity contribution in [3.05, 3.63) is 59.1 Å².